The first kappa shape index (κ1) is 21.7. The highest BCUT2D eigenvalue weighted by molar-refractivity contribution is 5.96. The zero-order valence-corrected chi connectivity index (χ0v) is 19.6. The van der Waals surface area contributed by atoms with E-state index in [0.29, 0.717) is 18.7 Å². The lowest BCUT2D eigenvalue weighted by molar-refractivity contribution is 0.0952. The van der Waals surface area contributed by atoms with Gasteiger partial charge in [-0.25, -0.2) is 0 Å². The molecule has 0 saturated carbocycles. The standard InChI is InChI=1S/C28H35NO2/c1-6-7-14-29-26(30)21-9-8-20-15-22(18-31-25(20)17-21)19-10-11-23-24(16-19)28(4,5)13-12-27(23,2)3/h8-11,15-17H,6-7,12-14,18H2,1-5H3,(H,29,30). The molecule has 0 radical (unpaired) electrons. The molecule has 2 aromatic rings. The van der Waals surface area contributed by atoms with Crippen LogP contribution in [0.3, 0.4) is 0 Å². The Balaban J connectivity index is 1.61. The normalized spacial score (nSPS) is 18.3. The predicted octanol–water partition coefficient (Wildman–Crippen LogP) is 6.50. The molecule has 0 unspecified atom stereocenters. The molecule has 4 rings (SSSR count). The van der Waals surface area contributed by atoms with Gasteiger partial charge in [-0.15, -0.1) is 0 Å². The molecule has 0 fully saturated rings. The predicted molar refractivity (Wildman–Crippen MR) is 129 cm³/mol. The number of ether oxygens (including phenoxy) is 1. The first-order valence-electron chi connectivity index (χ1n) is 11.6. The van der Waals surface area contributed by atoms with Gasteiger partial charge in [-0.2, -0.15) is 0 Å². The van der Waals surface area contributed by atoms with Crippen LogP contribution in [0.4, 0.5) is 0 Å². The van der Waals surface area contributed by atoms with Crippen LogP contribution in [0.15, 0.2) is 36.4 Å². The van der Waals surface area contributed by atoms with Crippen LogP contribution in [0.25, 0.3) is 11.6 Å². The van der Waals surface area contributed by atoms with Crippen molar-refractivity contribution in [2.75, 3.05) is 13.2 Å². The maximum Gasteiger partial charge on any atom is 0.251 e. The number of hydrogen-bond donors (Lipinski definition) is 1. The van der Waals surface area contributed by atoms with E-state index < -0.39 is 0 Å². The van der Waals surface area contributed by atoms with Crippen molar-refractivity contribution in [3.05, 3.63) is 64.2 Å². The van der Waals surface area contributed by atoms with Crippen molar-refractivity contribution in [3.63, 3.8) is 0 Å². The van der Waals surface area contributed by atoms with E-state index in [-0.39, 0.29) is 16.7 Å². The summed E-state index contributed by atoms with van der Waals surface area (Å²) in [4.78, 5) is 12.4. The molecular weight excluding hydrogens is 382 g/mol. The maximum atomic E-state index is 12.4. The van der Waals surface area contributed by atoms with Crippen molar-refractivity contribution in [1.29, 1.82) is 0 Å². The number of carbonyl (C=O) groups is 1. The van der Waals surface area contributed by atoms with Crippen LogP contribution in [0.5, 0.6) is 5.75 Å². The Morgan fingerprint density at radius 1 is 1.00 bits per heavy atom. The van der Waals surface area contributed by atoms with E-state index in [1.807, 2.05) is 18.2 Å². The fourth-order valence-corrected chi connectivity index (χ4v) is 4.74. The Hall–Kier alpha value is -2.55. The first-order valence-corrected chi connectivity index (χ1v) is 11.6. The zero-order valence-electron chi connectivity index (χ0n) is 19.6. The molecule has 0 spiro atoms. The summed E-state index contributed by atoms with van der Waals surface area (Å²) in [5.41, 5.74) is 7.46. The van der Waals surface area contributed by atoms with Gasteiger partial charge in [0.1, 0.15) is 12.4 Å². The first-order chi connectivity index (χ1) is 14.7. The summed E-state index contributed by atoms with van der Waals surface area (Å²) in [6.45, 7) is 12.8. The average molecular weight is 418 g/mol. The Labute approximate surface area is 186 Å². The number of nitrogens with one attached hydrogen (secondary N) is 1. The lowest BCUT2D eigenvalue weighted by Crippen LogP contribution is -2.33. The van der Waals surface area contributed by atoms with Gasteiger partial charge >= 0.3 is 0 Å². The highest BCUT2D eigenvalue weighted by Crippen LogP contribution is 2.46. The highest BCUT2D eigenvalue weighted by Gasteiger charge is 2.37. The fourth-order valence-electron chi connectivity index (χ4n) is 4.74. The van der Waals surface area contributed by atoms with E-state index in [1.165, 1.54) is 35.1 Å². The van der Waals surface area contributed by atoms with Gasteiger partial charge in [-0.05, 0) is 70.6 Å². The SMILES string of the molecule is CCCCNC(=O)c1ccc2c(c1)OCC(c1ccc3c(c1)C(C)(C)CCC3(C)C)=C2. The number of benzene rings is 2. The third-order valence-electron chi connectivity index (χ3n) is 7.03. The highest BCUT2D eigenvalue weighted by atomic mass is 16.5. The minimum Gasteiger partial charge on any atom is -0.488 e. The number of carbonyl (C=O) groups excluding carboxylic acids is 1. The van der Waals surface area contributed by atoms with E-state index in [4.69, 9.17) is 4.74 Å². The zero-order chi connectivity index (χ0) is 22.2. The van der Waals surface area contributed by atoms with E-state index in [2.05, 4.69) is 64.2 Å². The smallest absolute Gasteiger partial charge is 0.251 e. The molecular formula is C28H35NO2. The topological polar surface area (TPSA) is 38.3 Å². The van der Waals surface area contributed by atoms with Crippen LogP contribution in [-0.4, -0.2) is 19.1 Å². The van der Waals surface area contributed by atoms with Crippen LogP contribution in [0.1, 0.15) is 92.9 Å². The van der Waals surface area contributed by atoms with E-state index in [9.17, 15) is 4.79 Å². The molecule has 1 heterocycles. The molecule has 0 bridgehead atoms. The minimum absolute atomic E-state index is 0.0332. The second kappa shape index (κ2) is 8.18. The summed E-state index contributed by atoms with van der Waals surface area (Å²) in [7, 11) is 0. The third kappa shape index (κ3) is 4.28. The van der Waals surface area contributed by atoms with Crippen LogP contribution in [0.2, 0.25) is 0 Å². The minimum atomic E-state index is -0.0332. The number of unbranched alkanes of at least 4 members (excludes halogenated alkanes) is 1. The van der Waals surface area contributed by atoms with Crippen LogP contribution >= 0.6 is 0 Å². The molecule has 0 atom stereocenters. The number of fused-ring (bicyclic) bond motifs is 2. The molecule has 0 aromatic heterocycles. The lowest BCUT2D eigenvalue weighted by atomic mass is 9.63. The molecule has 3 nitrogen and oxygen atoms in total. The van der Waals surface area contributed by atoms with Crippen molar-refractivity contribution in [3.8, 4) is 5.75 Å². The van der Waals surface area contributed by atoms with E-state index in [0.717, 1.165) is 24.2 Å². The largest absolute Gasteiger partial charge is 0.488 e. The van der Waals surface area contributed by atoms with Gasteiger partial charge in [0.15, 0.2) is 0 Å². The van der Waals surface area contributed by atoms with E-state index in [1.54, 1.807) is 0 Å². The van der Waals surface area contributed by atoms with Gasteiger partial charge in [0, 0.05) is 17.7 Å². The van der Waals surface area contributed by atoms with Gasteiger partial charge in [0.05, 0.1) is 0 Å². The third-order valence-corrected chi connectivity index (χ3v) is 7.03. The molecule has 164 valence electrons. The maximum absolute atomic E-state index is 12.4. The number of hydrogen-bond acceptors (Lipinski definition) is 2. The molecule has 31 heavy (non-hydrogen) atoms. The summed E-state index contributed by atoms with van der Waals surface area (Å²) in [6.07, 6.45) is 6.70. The molecule has 2 aliphatic rings. The molecule has 0 saturated heterocycles. The monoisotopic (exact) mass is 417 g/mol. The fraction of sp³-hybridized carbons (Fsp3) is 0.464. The number of amides is 1. The van der Waals surface area contributed by atoms with Gasteiger partial charge in [0.2, 0.25) is 0 Å². The summed E-state index contributed by atoms with van der Waals surface area (Å²) >= 11 is 0. The van der Waals surface area contributed by atoms with Crippen molar-refractivity contribution < 1.29 is 9.53 Å². The summed E-state index contributed by atoms with van der Waals surface area (Å²) < 4.78 is 6.10. The lowest BCUT2D eigenvalue weighted by Gasteiger charge is -2.42. The Morgan fingerprint density at radius 2 is 1.74 bits per heavy atom. The number of rotatable bonds is 5. The van der Waals surface area contributed by atoms with Gasteiger partial charge in [-0.1, -0.05) is 65.3 Å². The quantitative estimate of drug-likeness (QED) is 0.564. The van der Waals surface area contributed by atoms with Crippen molar-refractivity contribution in [1.82, 2.24) is 5.32 Å². The van der Waals surface area contributed by atoms with Crippen molar-refractivity contribution in [2.24, 2.45) is 0 Å². The molecule has 1 aliphatic carbocycles. The van der Waals surface area contributed by atoms with Crippen molar-refractivity contribution >= 4 is 17.6 Å². The van der Waals surface area contributed by atoms with Crippen LogP contribution < -0.4 is 10.1 Å². The molecule has 2 aromatic carbocycles. The summed E-state index contributed by atoms with van der Waals surface area (Å²) in [5.74, 6) is 0.750. The van der Waals surface area contributed by atoms with Gasteiger partial charge < -0.3 is 10.1 Å². The van der Waals surface area contributed by atoms with E-state index >= 15 is 0 Å². The molecule has 1 amide bonds. The Bertz CT molecular complexity index is 1030. The summed E-state index contributed by atoms with van der Waals surface area (Å²) in [6, 6.07) is 12.7. The average Bonchev–Trinajstić information content (AvgIpc) is 2.76. The van der Waals surface area contributed by atoms with Crippen LogP contribution in [0, 0.1) is 0 Å². The second-order valence-electron chi connectivity index (χ2n) is 10.3. The summed E-state index contributed by atoms with van der Waals surface area (Å²) in [5, 5.41) is 2.97. The Morgan fingerprint density at radius 3 is 2.48 bits per heavy atom. The molecule has 3 heteroatoms. The van der Waals surface area contributed by atoms with Crippen molar-refractivity contribution in [2.45, 2.75) is 71.1 Å². The second-order valence-corrected chi connectivity index (χ2v) is 10.3. The van der Waals surface area contributed by atoms with Gasteiger partial charge in [0.25, 0.3) is 5.91 Å². The molecule has 1 N–H and O–H groups in total. The van der Waals surface area contributed by atoms with Gasteiger partial charge in [-0.3, -0.25) is 4.79 Å². The van der Waals surface area contributed by atoms with Crippen LogP contribution in [-0.2, 0) is 10.8 Å². The molecule has 1 aliphatic heterocycles. The Kier molecular flexibility index (Phi) is 5.72.